The average molecular weight is 329 g/mol. The Kier molecular flexibility index (Phi) is 4.16. The number of amides is 2. The number of rotatable bonds is 3. The fraction of sp³-hybridized carbons (Fsp3) is 0.267. The lowest BCUT2D eigenvalue weighted by Crippen LogP contribution is -2.36. The van der Waals surface area contributed by atoms with E-state index < -0.39 is 0 Å². The maximum atomic E-state index is 12.3. The fourth-order valence-corrected chi connectivity index (χ4v) is 2.78. The summed E-state index contributed by atoms with van der Waals surface area (Å²) in [6, 6.07) is 7.44. The highest BCUT2D eigenvalue weighted by molar-refractivity contribution is 7.15. The van der Waals surface area contributed by atoms with Crippen molar-refractivity contribution in [3.63, 3.8) is 0 Å². The van der Waals surface area contributed by atoms with E-state index in [2.05, 4.69) is 20.6 Å². The van der Waals surface area contributed by atoms with Crippen LogP contribution in [0.4, 0.5) is 10.8 Å². The van der Waals surface area contributed by atoms with Gasteiger partial charge in [-0.1, -0.05) is 23.5 Å². The molecule has 118 valence electrons. The van der Waals surface area contributed by atoms with E-state index in [1.165, 1.54) is 16.3 Å². The Hall–Kier alpha value is -2.61. The Morgan fingerprint density at radius 2 is 2.09 bits per heavy atom. The average Bonchev–Trinajstić information content (AvgIpc) is 2.92. The molecule has 0 atom stereocenters. The van der Waals surface area contributed by atoms with Crippen LogP contribution >= 0.6 is 11.3 Å². The minimum atomic E-state index is -0.355. The molecule has 3 rings (SSSR count). The molecular weight excluding hydrogens is 314 g/mol. The molecule has 1 aliphatic heterocycles. The van der Waals surface area contributed by atoms with E-state index in [-0.39, 0.29) is 18.2 Å². The van der Waals surface area contributed by atoms with Crippen molar-refractivity contribution in [2.24, 2.45) is 5.10 Å². The van der Waals surface area contributed by atoms with Crippen molar-refractivity contribution in [1.29, 1.82) is 0 Å². The molecule has 1 N–H and O–H groups in total. The van der Waals surface area contributed by atoms with Crippen LogP contribution in [0.2, 0.25) is 0 Å². The zero-order chi connectivity index (χ0) is 16.4. The number of anilines is 2. The van der Waals surface area contributed by atoms with E-state index >= 15 is 0 Å². The Bertz CT molecular complexity index is 799. The fourth-order valence-electron chi connectivity index (χ4n) is 2.19. The van der Waals surface area contributed by atoms with E-state index in [1.807, 2.05) is 32.0 Å². The molecule has 2 heterocycles. The Labute approximate surface area is 137 Å². The summed E-state index contributed by atoms with van der Waals surface area (Å²) >= 11 is 1.29. The van der Waals surface area contributed by atoms with Crippen molar-refractivity contribution in [1.82, 2.24) is 10.2 Å². The summed E-state index contributed by atoms with van der Waals surface area (Å²) in [5.74, 6) is -0.481. The van der Waals surface area contributed by atoms with E-state index in [9.17, 15) is 9.59 Å². The molecule has 0 unspecified atom stereocenters. The third-order valence-corrected chi connectivity index (χ3v) is 4.04. The molecule has 1 aromatic carbocycles. The van der Waals surface area contributed by atoms with Crippen molar-refractivity contribution in [3.05, 3.63) is 34.8 Å². The zero-order valence-corrected chi connectivity index (χ0v) is 13.6. The van der Waals surface area contributed by atoms with Gasteiger partial charge in [0.25, 0.3) is 5.91 Å². The lowest BCUT2D eigenvalue weighted by molar-refractivity contribution is -0.118. The number of hydrazone groups is 1. The summed E-state index contributed by atoms with van der Waals surface area (Å²) in [7, 11) is 0. The second-order valence-electron chi connectivity index (χ2n) is 5.17. The number of hydrogen-bond acceptors (Lipinski definition) is 6. The van der Waals surface area contributed by atoms with Gasteiger partial charge < -0.3 is 0 Å². The van der Waals surface area contributed by atoms with Crippen LogP contribution in [0, 0.1) is 13.8 Å². The number of benzene rings is 1. The summed E-state index contributed by atoms with van der Waals surface area (Å²) < 4.78 is 0. The quantitative estimate of drug-likeness (QED) is 0.936. The van der Waals surface area contributed by atoms with Crippen molar-refractivity contribution in [3.8, 4) is 0 Å². The van der Waals surface area contributed by atoms with Gasteiger partial charge in [0.15, 0.2) is 0 Å². The Morgan fingerprint density at radius 3 is 2.78 bits per heavy atom. The molecule has 1 aliphatic rings. The zero-order valence-electron chi connectivity index (χ0n) is 12.7. The maximum absolute atomic E-state index is 12.3. The number of carbonyl (C=O) groups excluding carboxylic acids is 2. The normalized spacial score (nSPS) is 14.6. The van der Waals surface area contributed by atoms with Crippen molar-refractivity contribution in [2.75, 3.05) is 10.3 Å². The van der Waals surface area contributed by atoms with Gasteiger partial charge in [-0.05, 0) is 31.5 Å². The number of nitrogens with one attached hydrogen (secondary N) is 1. The van der Waals surface area contributed by atoms with Crippen LogP contribution < -0.4 is 10.3 Å². The first kappa shape index (κ1) is 15.3. The first-order valence-corrected chi connectivity index (χ1v) is 7.93. The highest BCUT2D eigenvalue weighted by Gasteiger charge is 2.26. The van der Waals surface area contributed by atoms with Crippen LogP contribution in [0.15, 0.2) is 29.4 Å². The molecule has 0 spiro atoms. The molecule has 23 heavy (non-hydrogen) atoms. The maximum Gasteiger partial charge on any atom is 0.273 e. The van der Waals surface area contributed by atoms with Gasteiger partial charge in [0, 0.05) is 12.8 Å². The number of aryl methyl sites for hydroxylation is 2. The van der Waals surface area contributed by atoms with Gasteiger partial charge in [0.05, 0.1) is 5.69 Å². The molecule has 0 aliphatic carbocycles. The molecule has 8 heteroatoms. The molecule has 2 amide bonds. The molecule has 0 fully saturated rings. The monoisotopic (exact) mass is 329 g/mol. The number of nitrogens with zero attached hydrogens (tertiary/aromatic N) is 4. The lowest BCUT2D eigenvalue weighted by atomic mass is 10.1. The molecule has 7 nitrogen and oxygen atoms in total. The van der Waals surface area contributed by atoms with Gasteiger partial charge in [-0.3, -0.25) is 14.9 Å². The molecular formula is C15H15N5O2S. The van der Waals surface area contributed by atoms with Gasteiger partial charge in [0.1, 0.15) is 10.7 Å². The van der Waals surface area contributed by atoms with Crippen LogP contribution in [0.1, 0.15) is 23.4 Å². The molecule has 0 radical (unpaired) electrons. The highest BCUT2D eigenvalue weighted by Crippen LogP contribution is 2.22. The largest absolute Gasteiger partial charge is 0.295 e. The minimum Gasteiger partial charge on any atom is -0.295 e. The summed E-state index contributed by atoms with van der Waals surface area (Å²) in [5, 5.41) is 17.1. The van der Waals surface area contributed by atoms with Gasteiger partial charge >= 0.3 is 0 Å². The van der Waals surface area contributed by atoms with Crippen LogP contribution in [-0.4, -0.2) is 27.7 Å². The topological polar surface area (TPSA) is 87.6 Å². The first-order chi connectivity index (χ1) is 11.0. The second kappa shape index (κ2) is 6.25. The van der Waals surface area contributed by atoms with Crippen LogP contribution in [0.5, 0.6) is 0 Å². The molecule has 2 aromatic rings. The van der Waals surface area contributed by atoms with E-state index in [4.69, 9.17) is 0 Å². The van der Waals surface area contributed by atoms with Crippen LogP contribution in [0.3, 0.4) is 0 Å². The predicted octanol–water partition coefficient (Wildman–Crippen LogP) is 2.28. The van der Waals surface area contributed by atoms with Gasteiger partial charge in [-0.25, -0.2) is 5.01 Å². The van der Waals surface area contributed by atoms with Gasteiger partial charge in [0.2, 0.25) is 11.0 Å². The van der Waals surface area contributed by atoms with Crippen LogP contribution in [0.25, 0.3) is 0 Å². The van der Waals surface area contributed by atoms with E-state index in [1.54, 1.807) is 6.07 Å². The number of aromatic nitrogens is 2. The van der Waals surface area contributed by atoms with Crippen molar-refractivity contribution in [2.45, 2.75) is 26.7 Å². The highest BCUT2D eigenvalue weighted by atomic mass is 32.1. The summed E-state index contributed by atoms with van der Waals surface area (Å²) in [5.41, 5.74) is 1.98. The lowest BCUT2D eigenvalue weighted by Gasteiger charge is -2.23. The first-order valence-electron chi connectivity index (χ1n) is 7.11. The predicted molar refractivity (Wildman–Crippen MR) is 88.6 cm³/mol. The molecule has 0 saturated heterocycles. The van der Waals surface area contributed by atoms with Crippen molar-refractivity contribution < 1.29 is 9.59 Å². The number of carbonyl (C=O) groups is 2. The van der Waals surface area contributed by atoms with Crippen LogP contribution in [-0.2, 0) is 9.59 Å². The Morgan fingerprint density at radius 1 is 1.26 bits per heavy atom. The van der Waals surface area contributed by atoms with Crippen molar-refractivity contribution >= 4 is 39.7 Å². The second-order valence-corrected chi connectivity index (χ2v) is 6.35. The third-order valence-electron chi connectivity index (χ3n) is 3.29. The number of hydrogen-bond donors (Lipinski definition) is 1. The van der Waals surface area contributed by atoms with Gasteiger partial charge in [-0.15, -0.1) is 10.2 Å². The SMILES string of the molecule is Cc1cccc(N2N=C(C(=O)Nc3nnc(C)s3)CCC2=O)c1. The molecule has 1 aromatic heterocycles. The Balaban J connectivity index is 1.83. The smallest absolute Gasteiger partial charge is 0.273 e. The summed E-state index contributed by atoms with van der Waals surface area (Å²) in [6.45, 7) is 3.75. The van der Waals surface area contributed by atoms with E-state index in [0.29, 0.717) is 23.0 Å². The third kappa shape index (κ3) is 3.42. The van der Waals surface area contributed by atoms with E-state index in [0.717, 1.165) is 10.6 Å². The standard InChI is InChI=1S/C15H15N5O2S/c1-9-4-3-5-11(8-9)20-13(21)7-6-12(19-20)14(22)16-15-18-17-10(2)23-15/h3-5,8H,6-7H2,1-2H3,(H,16,18,22). The minimum absolute atomic E-state index is 0.126. The van der Waals surface area contributed by atoms with Gasteiger partial charge in [-0.2, -0.15) is 5.10 Å². The summed E-state index contributed by atoms with van der Waals surface area (Å²) in [4.78, 5) is 24.4. The molecule has 0 bridgehead atoms. The summed E-state index contributed by atoms with van der Waals surface area (Å²) in [6.07, 6.45) is 0.556. The molecule has 0 saturated carbocycles.